The maximum atomic E-state index is 13.2. The number of methoxy groups -OCH3 is 2. The maximum Gasteiger partial charge on any atom is 0.335 e. The number of hydrogen-bond acceptors (Lipinski definition) is 6. The first kappa shape index (κ1) is 19.7. The second-order valence-electron chi connectivity index (χ2n) is 6.58. The largest absolute Gasteiger partial charge is 0.493 e. The Balaban J connectivity index is 1.79. The first-order chi connectivity index (χ1) is 14.5. The summed E-state index contributed by atoms with van der Waals surface area (Å²) in [6, 6.07) is 12.0. The average molecular weight is 422 g/mol. The number of nitrogens with zero attached hydrogens (tertiary/aromatic N) is 2. The Labute approximate surface area is 175 Å². The Kier molecular flexibility index (Phi) is 5.24. The van der Waals surface area contributed by atoms with E-state index in [-0.39, 0.29) is 17.7 Å². The van der Waals surface area contributed by atoms with E-state index in [1.165, 1.54) is 28.3 Å². The highest BCUT2D eigenvalue weighted by Crippen LogP contribution is 2.36. The lowest BCUT2D eigenvalue weighted by molar-refractivity contribution is 0.0696. The van der Waals surface area contributed by atoms with Gasteiger partial charge in [0, 0.05) is 10.9 Å². The molecule has 0 saturated heterocycles. The standard InChI is InChI=1S/C22H18N2O5S/c1-28-17-7-6-14(9-18(17)29-2)16-11-30-20-19(16)21(25)24(12-23-20)10-13-4-3-5-15(8-13)22(26)27/h3-9,11-12H,10H2,1-2H3,(H,26,27). The second-order valence-corrected chi connectivity index (χ2v) is 7.44. The van der Waals surface area contributed by atoms with Gasteiger partial charge in [-0.2, -0.15) is 0 Å². The molecule has 4 aromatic rings. The summed E-state index contributed by atoms with van der Waals surface area (Å²) in [6.07, 6.45) is 1.49. The molecular weight excluding hydrogens is 404 g/mol. The predicted octanol–water partition coefficient (Wildman–Crippen LogP) is 3.89. The maximum absolute atomic E-state index is 13.2. The minimum atomic E-state index is -1.01. The highest BCUT2D eigenvalue weighted by Gasteiger charge is 2.15. The molecule has 0 unspecified atom stereocenters. The lowest BCUT2D eigenvalue weighted by Gasteiger charge is -2.10. The van der Waals surface area contributed by atoms with Crippen LogP contribution in [-0.2, 0) is 6.54 Å². The molecule has 0 aliphatic heterocycles. The Bertz CT molecular complexity index is 1310. The summed E-state index contributed by atoms with van der Waals surface area (Å²) >= 11 is 1.39. The van der Waals surface area contributed by atoms with E-state index in [0.717, 1.165) is 11.1 Å². The molecule has 7 nitrogen and oxygen atoms in total. The fourth-order valence-electron chi connectivity index (χ4n) is 3.30. The molecular formula is C22H18N2O5S. The van der Waals surface area contributed by atoms with Crippen molar-refractivity contribution in [2.45, 2.75) is 6.54 Å². The van der Waals surface area contributed by atoms with Crippen molar-refractivity contribution in [2.24, 2.45) is 0 Å². The van der Waals surface area contributed by atoms with Gasteiger partial charge in [0.25, 0.3) is 5.56 Å². The minimum absolute atomic E-state index is 0.177. The van der Waals surface area contributed by atoms with Gasteiger partial charge >= 0.3 is 5.97 Å². The van der Waals surface area contributed by atoms with Crippen LogP contribution >= 0.6 is 11.3 Å². The Morgan fingerprint density at radius 1 is 1.13 bits per heavy atom. The lowest BCUT2D eigenvalue weighted by atomic mass is 10.1. The smallest absolute Gasteiger partial charge is 0.335 e. The fourth-order valence-corrected chi connectivity index (χ4v) is 4.20. The van der Waals surface area contributed by atoms with E-state index in [0.29, 0.717) is 27.3 Å². The first-order valence-electron chi connectivity index (χ1n) is 9.03. The quantitative estimate of drug-likeness (QED) is 0.507. The molecule has 0 amide bonds. The average Bonchev–Trinajstić information content (AvgIpc) is 3.20. The van der Waals surface area contributed by atoms with Crippen LogP contribution in [-0.4, -0.2) is 34.8 Å². The van der Waals surface area contributed by atoms with E-state index in [2.05, 4.69) is 4.98 Å². The Hall–Kier alpha value is -3.65. The molecule has 0 spiro atoms. The normalized spacial score (nSPS) is 10.9. The number of rotatable bonds is 6. The molecule has 30 heavy (non-hydrogen) atoms. The van der Waals surface area contributed by atoms with Gasteiger partial charge in [0.15, 0.2) is 11.5 Å². The van der Waals surface area contributed by atoms with Crippen molar-refractivity contribution in [1.82, 2.24) is 9.55 Å². The van der Waals surface area contributed by atoms with Crippen molar-refractivity contribution in [3.05, 3.63) is 75.7 Å². The minimum Gasteiger partial charge on any atom is -0.493 e. The van der Waals surface area contributed by atoms with E-state index < -0.39 is 5.97 Å². The van der Waals surface area contributed by atoms with E-state index in [1.54, 1.807) is 38.5 Å². The van der Waals surface area contributed by atoms with Crippen LogP contribution in [0.2, 0.25) is 0 Å². The highest BCUT2D eigenvalue weighted by atomic mass is 32.1. The van der Waals surface area contributed by atoms with Gasteiger partial charge in [-0.25, -0.2) is 9.78 Å². The third-order valence-electron chi connectivity index (χ3n) is 4.78. The van der Waals surface area contributed by atoms with Crippen LogP contribution in [0.1, 0.15) is 15.9 Å². The van der Waals surface area contributed by atoms with Gasteiger partial charge in [-0.3, -0.25) is 9.36 Å². The molecule has 0 saturated carbocycles. The third-order valence-corrected chi connectivity index (χ3v) is 5.67. The van der Waals surface area contributed by atoms with Gasteiger partial charge in [-0.15, -0.1) is 11.3 Å². The number of thiophene rings is 1. The number of hydrogen-bond donors (Lipinski definition) is 1. The van der Waals surface area contributed by atoms with Crippen LogP contribution in [0.15, 0.2) is 59.0 Å². The summed E-state index contributed by atoms with van der Waals surface area (Å²) in [5.41, 5.74) is 2.29. The van der Waals surface area contributed by atoms with Crippen LogP contribution in [0.3, 0.4) is 0 Å². The molecule has 0 radical (unpaired) electrons. The van der Waals surface area contributed by atoms with Crippen LogP contribution < -0.4 is 15.0 Å². The van der Waals surface area contributed by atoms with Gasteiger partial charge in [-0.1, -0.05) is 18.2 Å². The van der Waals surface area contributed by atoms with E-state index in [4.69, 9.17) is 9.47 Å². The molecule has 0 atom stereocenters. The topological polar surface area (TPSA) is 90.7 Å². The van der Waals surface area contributed by atoms with Crippen LogP contribution in [0, 0.1) is 0 Å². The van der Waals surface area contributed by atoms with E-state index >= 15 is 0 Å². The monoisotopic (exact) mass is 422 g/mol. The molecule has 2 aromatic carbocycles. The van der Waals surface area contributed by atoms with Crippen molar-refractivity contribution in [2.75, 3.05) is 14.2 Å². The van der Waals surface area contributed by atoms with Gasteiger partial charge in [0.05, 0.1) is 38.0 Å². The summed E-state index contributed by atoms with van der Waals surface area (Å²) < 4.78 is 12.2. The molecule has 0 bridgehead atoms. The highest BCUT2D eigenvalue weighted by molar-refractivity contribution is 7.17. The lowest BCUT2D eigenvalue weighted by Crippen LogP contribution is -2.21. The summed E-state index contributed by atoms with van der Waals surface area (Å²) in [4.78, 5) is 29.5. The summed E-state index contributed by atoms with van der Waals surface area (Å²) in [7, 11) is 3.13. The molecule has 0 aliphatic carbocycles. The summed E-state index contributed by atoms with van der Waals surface area (Å²) in [5.74, 6) is 0.171. The van der Waals surface area contributed by atoms with Gasteiger partial charge < -0.3 is 14.6 Å². The number of fused-ring (bicyclic) bond motifs is 1. The zero-order valence-electron chi connectivity index (χ0n) is 16.3. The summed E-state index contributed by atoms with van der Waals surface area (Å²) in [5, 5.41) is 11.6. The van der Waals surface area contributed by atoms with Crippen LogP contribution in [0.4, 0.5) is 0 Å². The van der Waals surface area contributed by atoms with Crippen molar-refractivity contribution in [1.29, 1.82) is 0 Å². The molecule has 2 heterocycles. The van der Waals surface area contributed by atoms with Crippen molar-refractivity contribution < 1.29 is 19.4 Å². The molecule has 1 N–H and O–H groups in total. The van der Waals surface area contributed by atoms with Crippen LogP contribution in [0.25, 0.3) is 21.3 Å². The number of carbonyl (C=O) groups is 1. The number of carboxylic acids is 1. The SMILES string of the molecule is COc1ccc(-c2csc3ncn(Cc4cccc(C(=O)O)c4)c(=O)c23)cc1OC. The zero-order valence-corrected chi connectivity index (χ0v) is 17.1. The molecule has 8 heteroatoms. The van der Waals surface area contributed by atoms with Gasteiger partial charge in [-0.05, 0) is 35.4 Å². The van der Waals surface area contributed by atoms with Crippen molar-refractivity contribution in [3.63, 3.8) is 0 Å². The van der Waals surface area contributed by atoms with Gasteiger partial charge in [0.2, 0.25) is 0 Å². The summed E-state index contributed by atoms with van der Waals surface area (Å²) in [6.45, 7) is 0.226. The fraction of sp³-hybridized carbons (Fsp3) is 0.136. The third kappa shape index (κ3) is 3.53. The molecule has 4 rings (SSSR count). The van der Waals surface area contributed by atoms with E-state index in [9.17, 15) is 14.7 Å². The molecule has 0 fully saturated rings. The molecule has 0 aliphatic rings. The molecule has 2 aromatic heterocycles. The first-order valence-corrected chi connectivity index (χ1v) is 9.91. The Morgan fingerprint density at radius 2 is 1.93 bits per heavy atom. The number of ether oxygens (including phenoxy) is 2. The second kappa shape index (κ2) is 8.00. The van der Waals surface area contributed by atoms with Crippen molar-refractivity contribution in [3.8, 4) is 22.6 Å². The van der Waals surface area contributed by atoms with Gasteiger partial charge in [0.1, 0.15) is 4.83 Å². The van der Waals surface area contributed by atoms with Crippen molar-refractivity contribution >= 4 is 27.5 Å². The van der Waals surface area contributed by atoms with E-state index in [1.807, 2.05) is 17.5 Å². The number of aromatic nitrogens is 2. The zero-order chi connectivity index (χ0) is 21.3. The molecule has 152 valence electrons. The number of aromatic carboxylic acids is 1. The Morgan fingerprint density at radius 3 is 2.67 bits per heavy atom. The number of benzene rings is 2. The van der Waals surface area contributed by atoms with Crippen LogP contribution in [0.5, 0.6) is 11.5 Å². The number of carboxylic acid groups (broad SMARTS) is 1. The predicted molar refractivity (Wildman–Crippen MR) is 115 cm³/mol.